The summed E-state index contributed by atoms with van der Waals surface area (Å²) >= 11 is 0. The van der Waals surface area contributed by atoms with E-state index in [2.05, 4.69) is 63.9 Å². The van der Waals surface area contributed by atoms with Crippen LogP contribution in [0.3, 0.4) is 0 Å². The average molecular weight is 541 g/mol. The number of imidazole rings is 1. The molecule has 0 aliphatic rings. The van der Waals surface area contributed by atoms with Gasteiger partial charge in [0.2, 0.25) is 5.95 Å². The smallest absolute Gasteiger partial charge is 0.238 e. The highest BCUT2D eigenvalue weighted by atomic mass is 15.2. The third-order valence-corrected chi connectivity index (χ3v) is 7.43. The molecule has 0 bridgehead atoms. The van der Waals surface area contributed by atoms with Gasteiger partial charge in [-0.3, -0.25) is 9.13 Å². The quantitative estimate of drug-likeness (QED) is 0.221. The number of benzene rings is 5. The number of aromatic nitrogens is 6. The molecule has 42 heavy (non-hydrogen) atoms. The molecule has 5 aromatic carbocycles. The van der Waals surface area contributed by atoms with Crippen molar-refractivity contribution in [2.45, 2.75) is 0 Å². The van der Waals surface area contributed by atoms with Gasteiger partial charge >= 0.3 is 0 Å². The van der Waals surface area contributed by atoms with Crippen LogP contribution in [0.15, 0.2) is 146 Å². The van der Waals surface area contributed by atoms with E-state index in [1.807, 2.05) is 91.0 Å². The van der Waals surface area contributed by atoms with Gasteiger partial charge in [0.05, 0.1) is 22.2 Å². The Morgan fingerprint density at radius 1 is 0.429 bits per heavy atom. The molecule has 0 saturated heterocycles. The lowest BCUT2D eigenvalue weighted by Crippen LogP contribution is -2.05. The second-order valence-corrected chi connectivity index (χ2v) is 10.0. The molecule has 0 atom stereocenters. The Hall–Kier alpha value is -5.88. The first-order chi connectivity index (χ1) is 20.8. The van der Waals surface area contributed by atoms with E-state index in [9.17, 15) is 0 Å². The zero-order valence-corrected chi connectivity index (χ0v) is 22.5. The highest BCUT2D eigenvalue weighted by Crippen LogP contribution is 2.34. The minimum Gasteiger partial charge on any atom is -0.290 e. The second-order valence-electron chi connectivity index (χ2n) is 10.0. The lowest BCUT2D eigenvalue weighted by Gasteiger charge is -2.10. The Bertz CT molecular complexity index is 2120. The molecule has 3 aromatic heterocycles. The first-order valence-electron chi connectivity index (χ1n) is 13.8. The maximum Gasteiger partial charge on any atom is 0.238 e. The number of hydrogen-bond donors (Lipinski definition) is 0. The normalized spacial score (nSPS) is 11.3. The van der Waals surface area contributed by atoms with Crippen molar-refractivity contribution in [3.05, 3.63) is 146 Å². The summed E-state index contributed by atoms with van der Waals surface area (Å²) in [7, 11) is 0. The van der Waals surface area contributed by atoms with Gasteiger partial charge in [-0.2, -0.15) is 9.97 Å². The maximum absolute atomic E-state index is 5.07. The van der Waals surface area contributed by atoms with Crippen molar-refractivity contribution < 1.29 is 0 Å². The van der Waals surface area contributed by atoms with Crippen LogP contribution in [-0.2, 0) is 0 Å². The molecule has 0 aliphatic heterocycles. The summed E-state index contributed by atoms with van der Waals surface area (Å²) in [6.07, 6.45) is 2.12. The maximum atomic E-state index is 5.07. The van der Waals surface area contributed by atoms with Gasteiger partial charge in [0, 0.05) is 28.3 Å². The van der Waals surface area contributed by atoms with Crippen LogP contribution in [0, 0.1) is 0 Å². The van der Waals surface area contributed by atoms with E-state index >= 15 is 0 Å². The van der Waals surface area contributed by atoms with Crippen LogP contribution in [0.5, 0.6) is 0 Å². The fraction of sp³-hybridized carbons (Fsp3) is 0. The molecule has 6 heteroatoms. The summed E-state index contributed by atoms with van der Waals surface area (Å²) in [6, 6.07) is 47.0. The molecule has 0 radical (unpaired) electrons. The molecule has 3 heterocycles. The molecular formula is C36H24N6. The molecule has 0 N–H and O–H groups in total. The lowest BCUT2D eigenvalue weighted by atomic mass is 10.2. The molecule has 0 saturated carbocycles. The van der Waals surface area contributed by atoms with Crippen LogP contribution in [0.1, 0.15) is 0 Å². The standard InChI is InChI=1S/C36H24N6/c1-4-14-25(15-5-1)33-38-34(26-16-6-2-7-17-26)40-36(39-33)41-24-32(28-20-10-12-22-30(28)41)42-31-23-13-11-21-29(31)37-35(42)27-18-8-3-9-19-27/h1-24H. The fourth-order valence-electron chi connectivity index (χ4n) is 5.46. The second kappa shape index (κ2) is 9.94. The van der Waals surface area contributed by atoms with Crippen molar-refractivity contribution in [2.24, 2.45) is 0 Å². The van der Waals surface area contributed by atoms with Crippen molar-refractivity contribution in [3.63, 3.8) is 0 Å². The van der Waals surface area contributed by atoms with Crippen molar-refractivity contribution >= 4 is 21.9 Å². The number of para-hydroxylation sites is 3. The monoisotopic (exact) mass is 540 g/mol. The van der Waals surface area contributed by atoms with Gasteiger partial charge in [-0.1, -0.05) is 121 Å². The van der Waals surface area contributed by atoms with Gasteiger partial charge in [-0.25, -0.2) is 9.97 Å². The predicted octanol–water partition coefficient (Wildman–Crippen LogP) is 8.16. The minimum absolute atomic E-state index is 0.552. The van der Waals surface area contributed by atoms with Gasteiger partial charge < -0.3 is 0 Å². The Morgan fingerprint density at radius 2 is 0.952 bits per heavy atom. The zero-order chi connectivity index (χ0) is 27.9. The summed E-state index contributed by atoms with van der Waals surface area (Å²) in [5.74, 6) is 2.68. The molecule has 198 valence electrons. The lowest BCUT2D eigenvalue weighted by molar-refractivity contribution is 0.928. The first kappa shape index (κ1) is 24.0. The van der Waals surface area contributed by atoms with E-state index in [1.54, 1.807) is 0 Å². The summed E-state index contributed by atoms with van der Waals surface area (Å²) in [6.45, 7) is 0. The Kier molecular flexibility index (Phi) is 5.67. The van der Waals surface area contributed by atoms with Crippen molar-refractivity contribution in [1.82, 2.24) is 29.1 Å². The van der Waals surface area contributed by atoms with Gasteiger partial charge in [-0.15, -0.1) is 0 Å². The van der Waals surface area contributed by atoms with E-state index in [0.29, 0.717) is 17.6 Å². The largest absolute Gasteiger partial charge is 0.290 e. The van der Waals surface area contributed by atoms with Crippen LogP contribution in [0.4, 0.5) is 0 Å². The molecule has 0 amide bonds. The van der Waals surface area contributed by atoms with E-state index in [0.717, 1.165) is 50.1 Å². The molecule has 0 spiro atoms. The van der Waals surface area contributed by atoms with Gasteiger partial charge in [0.25, 0.3) is 0 Å². The number of fused-ring (bicyclic) bond motifs is 2. The zero-order valence-electron chi connectivity index (χ0n) is 22.5. The van der Waals surface area contributed by atoms with Crippen LogP contribution < -0.4 is 0 Å². The Balaban J connectivity index is 1.41. The molecule has 8 rings (SSSR count). The van der Waals surface area contributed by atoms with Crippen LogP contribution in [0.25, 0.3) is 67.7 Å². The van der Waals surface area contributed by atoms with Crippen LogP contribution in [0.2, 0.25) is 0 Å². The third-order valence-electron chi connectivity index (χ3n) is 7.43. The number of hydrogen-bond acceptors (Lipinski definition) is 4. The molecule has 0 unspecified atom stereocenters. The average Bonchev–Trinajstić information content (AvgIpc) is 3.65. The summed E-state index contributed by atoms with van der Waals surface area (Å²) in [5, 5.41) is 1.07. The number of rotatable bonds is 5. The highest BCUT2D eigenvalue weighted by Gasteiger charge is 2.21. The summed E-state index contributed by atoms with van der Waals surface area (Å²) < 4.78 is 4.30. The van der Waals surface area contributed by atoms with Crippen molar-refractivity contribution in [3.8, 4) is 45.8 Å². The Labute approximate surface area is 242 Å². The molecule has 8 aromatic rings. The van der Waals surface area contributed by atoms with E-state index in [-0.39, 0.29) is 0 Å². The minimum atomic E-state index is 0.552. The van der Waals surface area contributed by atoms with Crippen molar-refractivity contribution in [2.75, 3.05) is 0 Å². The summed E-state index contributed by atoms with van der Waals surface area (Å²) in [5.41, 5.74) is 6.87. The topological polar surface area (TPSA) is 61.4 Å². The Morgan fingerprint density at radius 3 is 1.60 bits per heavy atom. The molecule has 0 fully saturated rings. The predicted molar refractivity (Wildman–Crippen MR) is 168 cm³/mol. The third kappa shape index (κ3) is 4.05. The molecule has 0 aliphatic carbocycles. The fourth-order valence-corrected chi connectivity index (χ4v) is 5.46. The summed E-state index contributed by atoms with van der Waals surface area (Å²) in [4.78, 5) is 20.0. The van der Waals surface area contributed by atoms with Gasteiger partial charge in [0.15, 0.2) is 11.6 Å². The van der Waals surface area contributed by atoms with Gasteiger partial charge in [0.1, 0.15) is 5.82 Å². The van der Waals surface area contributed by atoms with E-state index in [1.165, 1.54) is 0 Å². The number of nitrogens with zero attached hydrogens (tertiary/aromatic N) is 6. The van der Waals surface area contributed by atoms with Gasteiger partial charge in [-0.05, 0) is 18.2 Å². The SMILES string of the molecule is c1ccc(-c2nc(-c3ccccc3)nc(-n3cc(-n4c(-c5ccccc5)nc5ccccc54)c4ccccc43)n2)cc1. The van der Waals surface area contributed by atoms with Crippen LogP contribution >= 0.6 is 0 Å². The highest BCUT2D eigenvalue weighted by molar-refractivity contribution is 5.94. The molecule has 6 nitrogen and oxygen atoms in total. The first-order valence-corrected chi connectivity index (χ1v) is 13.8. The van der Waals surface area contributed by atoms with Crippen LogP contribution in [-0.4, -0.2) is 29.1 Å². The van der Waals surface area contributed by atoms with Crippen molar-refractivity contribution in [1.29, 1.82) is 0 Å². The van der Waals surface area contributed by atoms with E-state index in [4.69, 9.17) is 19.9 Å². The van der Waals surface area contributed by atoms with E-state index < -0.39 is 0 Å². The molecular weight excluding hydrogens is 516 g/mol.